The largest absolute Gasteiger partial charge is 0.357 e. The number of nitrogens with one attached hydrogen (secondary N) is 2. The molecule has 0 atom stereocenters. The summed E-state index contributed by atoms with van der Waals surface area (Å²) in [6, 6.07) is 8.51. The van der Waals surface area contributed by atoms with Crippen molar-refractivity contribution in [2.24, 2.45) is 10.1 Å². The zero-order chi connectivity index (χ0) is 19.0. The number of hydrogen-bond donors (Lipinski definition) is 3. The van der Waals surface area contributed by atoms with Crippen molar-refractivity contribution in [2.45, 2.75) is 44.4 Å². The van der Waals surface area contributed by atoms with E-state index in [1.807, 2.05) is 13.0 Å². The van der Waals surface area contributed by atoms with Crippen molar-refractivity contribution in [1.29, 1.82) is 0 Å². The van der Waals surface area contributed by atoms with Crippen LogP contribution >= 0.6 is 39.9 Å². The Balaban J connectivity index is 0.00000364. The lowest BCUT2D eigenvalue weighted by molar-refractivity contribution is 0.301. The van der Waals surface area contributed by atoms with Gasteiger partial charge in [-0.05, 0) is 37.5 Å². The maximum absolute atomic E-state index is 11.1. The predicted octanol–water partition coefficient (Wildman–Crippen LogP) is 3.11. The topological polar surface area (TPSA) is 96.6 Å². The fraction of sp³-hybridized carbons (Fsp3) is 0.611. The van der Waals surface area contributed by atoms with E-state index in [9.17, 15) is 8.42 Å². The van der Waals surface area contributed by atoms with Gasteiger partial charge in [0.15, 0.2) is 5.96 Å². The summed E-state index contributed by atoms with van der Waals surface area (Å²) in [6.07, 6.45) is 5.91. The van der Waals surface area contributed by atoms with Crippen molar-refractivity contribution in [3.8, 4) is 0 Å². The van der Waals surface area contributed by atoms with Gasteiger partial charge in [0.1, 0.15) is 0 Å². The van der Waals surface area contributed by atoms with E-state index in [2.05, 4.69) is 44.8 Å². The Morgan fingerprint density at radius 2 is 1.96 bits per heavy atom. The highest BCUT2D eigenvalue weighted by Gasteiger charge is 2.34. The molecule has 0 heterocycles. The zero-order valence-electron chi connectivity index (χ0n) is 15.7. The average Bonchev–Trinajstić information content (AvgIpc) is 2.59. The van der Waals surface area contributed by atoms with Gasteiger partial charge >= 0.3 is 0 Å². The minimum atomic E-state index is -3.48. The number of benzene rings is 1. The number of halogens is 2. The Labute approximate surface area is 188 Å². The average molecular weight is 573 g/mol. The normalized spacial score (nSPS) is 17.1. The van der Waals surface area contributed by atoms with E-state index >= 15 is 0 Å². The Morgan fingerprint density at radius 1 is 1.26 bits per heavy atom. The molecule has 1 aliphatic rings. The minimum Gasteiger partial charge on any atom is -0.357 e. The molecular weight excluding hydrogens is 543 g/mol. The number of hydrogen-bond acceptors (Lipinski definition) is 3. The summed E-state index contributed by atoms with van der Waals surface area (Å²) in [7, 11) is -3.48. The van der Waals surface area contributed by atoms with Crippen molar-refractivity contribution in [3.63, 3.8) is 0 Å². The van der Waals surface area contributed by atoms with Crippen LogP contribution in [0.4, 0.5) is 0 Å². The summed E-state index contributed by atoms with van der Waals surface area (Å²) >= 11 is 3.58. The highest BCUT2D eigenvalue weighted by molar-refractivity contribution is 14.0. The Kier molecular flexibility index (Phi) is 10.6. The number of guanidine groups is 1. The van der Waals surface area contributed by atoms with Gasteiger partial charge in [-0.15, -0.1) is 24.0 Å². The molecule has 0 amide bonds. The van der Waals surface area contributed by atoms with Gasteiger partial charge in [0.2, 0.25) is 10.0 Å². The molecule has 2 rings (SSSR count). The fourth-order valence-electron chi connectivity index (χ4n) is 3.47. The van der Waals surface area contributed by atoms with Gasteiger partial charge in [0.25, 0.3) is 0 Å². The SMILES string of the molecule is CCNC(=NCC1(c2cccc(Br)c2)CCCCC1)NCCS(N)(=O)=O.I. The number of sulfonamides is 1. The molecule has 27 heavy (non-hydrogen) atoms. The molecule has 1 saturated carbocycles. The Hall–Kier alpha value is -0.390. The number of nitrogens with two attached hydrogens (primary N) is 1. The van der Waals surface area contributed by atoms with Crippen molar-refractivity contribution in [1.82, 2.24) is 10.6 Å². The van der Waals surface area contributed by atoms with E-state index in [4.69, 9.17) is 10.1 Å². The van der Waals surface area contributed by atoms with Crippen LogP contribution in [0.5, 0.6) is 0 Å². The third-order valence-electron chi connectivity index (χ3n) is 4.81. The van der Waals surface area contributed by atoms with Crippen LogP contribution in [0.25, 0.3) is 0 Å². The number of primary sulfonamides is 1. The standard InChI is InChI=1S/C18H29BrN4O2S.HI/c1-2-21-17(22-11-12-26(20,24)25)23-14-18(9-4-3-5-10-18)15-7-6-8-16(19)13-15;/h6-8,13H,2-5,9-12,14H2,1H3,(H2,20,24,25)(H2,21,22,23);1H. The van der Waals surface area contributed by atoms with E-state index in [-0.39, 0.29) is 41.7 Å². The maximum atomic E-state index is 11.1. The Morgan fingerprint density at radius 3 is 2.56 bits per heavy atom. The van der Waals surface area contributed by atoms with Crippen molar-refractivity contribution < 1.29 is 8.42 Å². The van der Waals surface area contributed by atoms with Gasteiger partial charge in [-0.3, -0.25) is 4.99 Å². The van der Waals surface area contributed by atoms with Crippen LogP contribution in [0.1, 0.15) is 44.6 Å². The summed E-state index contributed by atoms with van der Waals surface area (Å²) in [5.74, 6) is 0.518. The molecular formula is C18H30BrIN4O2S. The predicted molar refractivity (Wildman–Crippen MR) is 126 cm³/mol. The number of aliphatic imine (C=N–C) groups is 1. The summed E-state index contributed by atoms with van der Waals surface area (Å²) in [6.45, 7) is 3.62. The van der Waals surface area contributed by atoms with Crippen LogP contribution in [0.15, 0.2) is 33.7 Å². The van der Waals surface area contributed by atoms with E-state index in [1.54, 1.807) is 0 Å². The first-order valence-corrected chi connectivity index (χ1v) is 11.6. The first-order chi connectivity index (χ1) is 12.3. The molecule has 154 valence electrons. The first kappa shape index (κ1) is 24.6. The molecule has 0 aromatic heterocycles. The molecule has 0 bridgehead atoms. The maximum Gasteiger partial charge on any atom is 0.210 e. The van der Waals surface area contributed by atoms with Crippen LogP contribution in [-0.2, 0) is 15.4 Å². The van der Waals surface area contributed by atoms with Crippen LogP contribution in [0.2, 0.25) is 0 Å². The molecule has 0 aliphatic heterocycles. The lowest BCUT2D eigenvalue weighted by Gasteiger charge is -2.37. The van der Waals surface area contributed by atoms with Crippen molar-refractivity contribution in [3.05, 3.63) is 34.3 Å². The van der Waals surface area contributed by atoms with Crippen LogP contribution < -0.4 is 15.8 Å². The third kappa shape index (κ3) is 8.25. The molecule has 1 aliphatic carbocycles. The molecule has 0 radical (unpaired) electrons. The number of nitrogens with zero attached hydrogens (tertiary/aromatic N) is 1. The van der Waals surface area contributed by atoms with Crippen LogP contribution in [0.3, 0.4) is 0 Å². The zero-order valence-corrected chi connectivity index (χ0v) is 20.4. The van der Waals surface area contributed by atoms with E-state index in [0.29, 0.717) is 19.0 Å². The van der Waals surface area contributed by atoms with Crippen LogP contribution in [-0.4, -0.2) is 39.8 Å². The summed E-state index contributed by atoms with van der Waals surface area (Å²) in [4.78, 5) is 4.78. The molecule has 4 N–H and O–H groups in total. The Bertz CT molecular complexity index is 722. The smallest absolute Gasteiger partial charge is 0.210 e. The quantitative estimate of drug-likeness (QED) is 0.266. The van der Waals surface area contributed by atoms with Gasteiger partial charge in [-0.1, -0.05) is 47.3 Å². The van der Waals surface area contributed by atoms with Gasteiger partial charge in [0, 0.05) is 23.0 Å². The summed E-state index contributed by atoms with van der Waals surface area (Å²) in [5.41, 5.74) is 1.35. The second-order valence-corrected chi connectivity index (χ2v) is 9.49. The first-order valence-electron chi connectivity index (χ1n) is 9.13. The monoisotopic (exact) mass is 572 g/mol. The molecule has 0 saturated heterocycles. The van der Waals surface area contributed by atoms with Gasteiger partial charge in [-0.25, -0.2) is 13.6 Å². The fourth-order valence-corrected chi connectivity index (χ4v) is 4.25. The summed E-state index contributed by atoms with van der Waals surface area (Å²) < 4.78 is 23.3. The van der Waals surface area contributed by atoms with Gasteiger partial charge in [-0.2, -0.15) is 0 Å². The summed E-state index contributed by atoms with van der Waals surface area (Å²) in [5, 5.41) is 11.3. The third-order valence-corrected chi connectivity index (χ3v) is 6.08. The lowest BCUT2D eigenvalue weighted by atomic mass is 9.69. The molecule has 9 heteroatoms. The van der Waals surface area contributed by atoms with Gasteiger partial charge in [0.05, 0.1) is 12.3 Å². The van der Waals surface area contributed by atoms with E-state index in [1.165, 1.54) is 24.8 Å². The molecule has 0 spiro atoms. The van der Waals surface area contributed by atoms with E-state index < -0.39 is 10.0 Å². The van der Waals surface area contributed by atoms with Crippen LogP contribution in [0, 0.1) is 0 Å². The highest BCUT2D eigenvalue weighted by atomic mass is 127. The molecule has 0 unspecified atom stereocenters. The van der Waals surface area contributed by atoms with Crippen molar-refractivity contribution >= 4 is 55.9 Å². The molecule has 1 aromatic rings. The van der Waals surface area contributed by atoms with Gasteiger partial charge < -0.3 is 10.6 Å². The number of rotatable bonds is 7. The molecule has 1 aromatic carbocycles. The van der Waals surface area contributed by atoms with E-state index in [0.717, 1.165) is 17.3 Å². The van der Waals surface area contributed by atoms with Crippen molar-refractivity contribution in [2.75, 3.05) is 25.4 Å². The second-order valence-electron chi connectivity index (χ2n) is 6.84. The molecule has 1 fully saturated rings. The second kappa shape index (κ2) is 11.6. The highest BCUT2D eigenvalue weighted by Crippen LogP contribution is 2.40. The minimum absolute atomic E-state index is 0. The molecule has 6 nitrogen and oxygen atoms in total. The lowest BCUT2D eigenvalue weighted by Crippen LogP contribution is -2.42.